The summed E-state index contributed by atoms with van der Waals surface area (Å²) < 4.78 is 0. The summed E-state index contributed by atoms with van der Waals surface area (Å²) in [6.45, 7) is 10.3. The third-order valence-electron chi connectivity index (χ3n) is 2.28. The zero-order valence-electron chi connectivity index (χ0n) is 9.10. The van der Waals surface area contributed by atoms with Crippen LogP contribution in [0.25, 0.3) is 0 Å². The van der Waals surface area contributed by atoms with Crippen LogP contribution in [0.5, 0.6) is 0 Å². The highest BCUT2D eigenvalue weighted by Crippen LogP contribution is 2.08. The van der Waals surface area contributed by atoms with Crippen LogP contribution in [0.15, 0.2) is 0 Å². The van der Waals surface area contributed by atoms with E-state index in [1.807, 2.05) is 13.8 Å². The van der Waals surface area contributed by atoms with E-state index in [2.05, 4.69) is 11.8 Å². The molecule has 1 aliphatic heterocycles. The molecule has 0 spiro atoms. The van der Waals surface area contributed by atoms with Crippen LogP contribution in [0.4, 0.5) is 0 Å². The van der Waals surface area contributed by atoms with Crippen LogP contribution in [0.2, 0.25) is 0 Å². The Morgan fingerprint density at radius 2 is 1.58 bits per heavy atom. The summed E-state index contributed by atoms with van der Waals surface area (Å²) in [5, 5.41) is 0. The van der Waals surface area contributed by atoms with Gasteiger partial charge in [0.05, 0.1) is 0 Å². The van der Waals surface area contributed by atoms with E-state index in [0.29, 0.717) is 0 Å². The van der Waals surface area contributed by atoms with Crippen LogP contribution in [0.1, 0.15) is 52.9 Å². The van der Waals surface area contributed by atoms with Crippen LogP contribution in [-0.4, -0.2) is 24.5 Å². The third kappa shape index (κ3) is 5.59. The lowest BCUT2D eigenvalue weighted by Gasteiger charge is -2.25. The molecule has 1 heterocycles. The number of likely N-dealkylation sites (tertiary alicyclic amines) is 1. The Balaban J connectivity index is 0.000000561. The maximum absolute atomic E-state index is 2.60. The SMILES string of the molecule is CC.CCCCN1CCCCC1. The van der Waals surface area contributed by atoms with E-state index in [-0.39, 0.29) is 0 Å². The topological polar surface area (TPSA) is 3.24 Å². The van der Waals surface area contributed by atoms with Gasteiger partial charge in [0, 0.05) is 0 Å². The molecule has 0 unspecified atom stereocenters. The highest BCUT2D eigenvalue weighted by molar-refractivity contribution is 4.63. The maximum Gasteiger partial charge on any atom is -0.00187 e. The normalized spacial score (nSPS) is 18.2. The second-order valence-corrected chi connectivity index (χ2v) is 3.26. The zero-order valence-corrected chi connectivity index (χ0v) is 9.10. The molecule has 0 N–H and O–H groups in total. The van der Waals surface area contributed by atoms with Crippen molar-refractivity contribution in [3.05, 3.63) is 0 Å². The Labute approximate surface area is 78.1 Å². The van der Waals surface area contributed by atoms with E-state index in [1.54, 1.807) is 0 Å². The van der Waals surface area contributed by atoms with Crippen molar-refractivity contribution < 1.29 is 0 Å². The minimum Gasteiger partial charge on any atom is -0.303 e. The van der Waals surface area contributed by atoms with E-state index >= 15 is 0 Å². The van der Waals surface area contributed by atoms with Gasteiger partial charge in [0.2, 0.25) is 0 Å². The lowest BCUT2D eigenvalue weighted by molar-refractivity contribution is 0.226. The molecule has 0 amide bonds. The second-order valence-electron chi connectivity index (χ2n) is 3.26. The van der Waals surface area contributed by atoms with Crippen LogP contribution < -0.4 is 0 Å². The number of piperidine rings is 1. The molecule has 1 saturated heterocycles. The smallest absolute Gasteiger partial charge is 0.00187 e. The molecule has 12 heavy (non-hydrogen) atoms. The molecule has 0 aromatic rings. The van der Waals surface area contributed by atoms with E-state index < -0.39 is 0 Å². The Morgan fingerprint density at radius 3 is 2.08 bits per heavy atom. The first-order valence-electron chi connectivity index (χ1n) is 5.66. The number of nitrogens with zero attached hydrogens (tertiary/aromatic N) is 1. The molecule has 1 aliphatic rings. The standard InChI is InChI=1S/C9H19N.C2H6/c1-2-3-7-10-8-5-4-6-9-10;1-2/h2-9H2,1H3;1-2H3. The van der Waals surface area contributed by atoms with E-state index in [4.69, 9.17) is 0 Å². The fourth-order valence-corrected chi connectivity index (χ4v) is 1.56. The predicted molar refractivity (Wildman–Crippen MR) is 56.5 cm³/mol. The van der Waals surface area contributed by atoms with Crippen molar-refractivity contribution in [2.75, 3.05) is 19.6 Å². The van der Waals surface area contributed by atoms with Gasteiger partial charge in [-0.25, -0.2) is 0 Å². The Hall–Kier alpha value is -0.0400. The molecule has 1 nitrogen and oxygen atoms in total. The molecule has 0 saturated carbocycles. The van der Waals surface area contributed by atoms with Crippen LogP contribution in [0, 0.1) is 0 Å². The summed E-state index contributed by atoms with van der Waals surface area (Å²) in [5.41, 5.74) is 0. The van der Waals surface area contributed by atoms with Gasteiger partial charge in [-0.15, -0.1) is 0 Å². The molecule has 1 rings (SSSR count). The molecular formula is C11H25N. The summed E-state index contributed by atoms with van der Waals surface area (Å²) >= 11 is 0. The Bertz CT molecular complexity index is 75.1. The van der Waals surface area contributed by atoms with Gasteiger partial charge in [-0.2, -0.15) is 0 Å². The molecule has 0 aliphatic carbocycles. The van der Waals surface area contributed by atoms with Crippen molar-refractivity contribution in [2.45, 2.75) is 52.9 Å². The van der Waals surface area contributed by atoms with Gasteiger partial charge in [-0.1, -0.05) is 33.6 Å². The van der Waals surface area contributed by atoms with Gasteiger partial charge in [-0.05, 0) is 38.9 Å². The van der Waals surface area contributed by atoms with Crippen molar-refractivity contribution in [3.8, 4) is 0 Å². The largest absolute Gasteiger partial charge is 0.303 e. The number of rotatable bonds is 3. The average molecular weight is 171 g/mol. The predicted octanol–water partition coefficient (Wildman–Crippen LogP) is 3.30. The fourth-order valence-electron chi connectivity index (χ4n) is 1.56. The summed E-state index contributed by atoms with van der Waals surface area (Å²) in [6.07, 6.45) is 7.06. The highest BCUT2D eigenvalue weighted by atomic mass is 15.1. The summed E-state index contributed by atoms with van der Waals surface area (Å²) in [4.78, 5) is 2.60. The van der Waals surface area contributed by atoms with Gasteiger partial charge in [-0.3, -0.25) is 0 Å². The van der Waals surface area contributed by atoms with Gasteiger partial charge in [0.25, 0.3) is 0 Å². The van der Waals surface area contributed by atoms with Crippen molar-refractivity contribution in [2.24, 2.45) is 0 Å². The zero-order chi connectivity index (χ0) is 9.23. The summed E-state index contributed by atoms with van der Waals surface area (Å²) in [7, 11) is 0. The van der Waals surface area contributed by atoms with E-state index in [9.17, 15) is 0 Å². The maximum atomic E-state index is 2.60. The first-order chi connectivity index (χ1) is 5.93. The summed E-state index contributed by atoms with van der Waals surface area (Å²) in [5.74, 6) is 0. The van der Waals surface area contributed by atoms with Crippen molar-refractivity contribution >= 4 is 0 Å². The van der Waals surface area contributed by atoms with Crippen molar-refractivity contribution in [1.29, 1.82) is 0 Å². The molecule has 0 atom stereocenters. The number of unbranched alkanes of at least 4 members (excludes halogenated alkanes) is 1. The second kappa shape index (κ2) is 9.05. The molecular weight excluding hydrogens is 146 g/mol. The van der Waals surface area contributed by atoms with Crippen LogP contribution >= 0.6 is 0 Å². The lowest BCUT2D eigenvalue weighted by Crippen LogP contribution is -2.30. The van der Waals surface area contributed by atoms with Gasteiger partial charge in [0.1, 0.15) is 0 Å². The lowest BCUT2D eigenvalue weighted by atomic mass is 10.1. The quantitative estimate of drug-likeness (QED) is 0.630. The highest BCUT2D eigenvalue weighted by Gasteiger charge is 2.07. The first-order valence-corrected chi connectivity index (χ1v) is 5.66. The monoisotopic (exact) mass is 171 g/mol. The van der Waals surface area contributed by atoms with Crippen LogP contribution in [-0.2, 0) is 0 Å². The molecule has 0 aromatic carbocycles. The van der Waals surface area contributed by atoms with Crippen molar-refractivity contribution in [3.63, 3.8) is 0 Å². The van der Waals surface area contributed by atoms with Crippen molar-refractivity contribution in [1.82, 2.24) is 4.90 Å². The number of hydrogen-bond acceptors (Lipinski definition) is 1. The Kier molecular flexibility index (Phi) is 9.02. The molecule has 1 fully saturated rings. The van der Waals surface area contributed by atoms with E-state index in [1.165, 1.54) is 51.7 Å². The summed E-state index contributed by atoms with van der Waals surface area (Å²) in [6, 6.07) is 0. The average Bonchev–Trinajstić information content (AvgIpc) is 2.19. The first kappa shape index (κ1) is 12.0. The molecule has 74 valence electrons. The number of hydrogen-bond donors (Lipinski definition) is 0. The minimum atomic E-state index is 1.34. The van der Waals surface area contributed by atoms with Gasteiger partial charge >= 0.3 is 0 Å². The van der Waals surface area contributed by atoms with Gasteiger partial charge in [0.15, 0.2) is 0 Å². The molecule has 0 aromatic heterocycles. The van der Waals surface area contributed by atoms with Crippen LogP contribution in [0.3, 0.4) is 0 Å². The molecule has 1 heteroatoms. The Morgan fingerprint density at radius 1 is 1.00 bits per heavy atom. The molecule has 0 bridgehead atoms. The third-order valence-corrected chi connectivity index (χ3v) is 2.28. The minimum absolute atomic E-state index is 1.34. The fraction of sp³-hybridized carbons (Fsp3) is 1.00. The van der Waals surface area contributed by atoms with E-state index in [0.717, 1.165) is 0 Å². The molecule has 0 radical (unpaired) electrons. The van der Waals surface area contributed by atoms with Gasteiger partial charge < -0.3 is 4.90 Å².